The van der Waals surface area contributed by atoms with Gasteiger partial charge in [0.05, 0.1) is 9.95 Å². The molecule has 1 aromatic carbocycles. The zero-order valence-corrected chi connectivity index (χ0v) is 12.3. The molecule has 1 unspecified atom stereocenters. The van der Waals surface area contributed by atoms with Crippen molar-refractivity contribution in [3.8, 4) is 0 Å². The van der Waals surface area contributed by atoms with E-state index in [1.807, 2.05) is 0 Å². The first-order chi connectivity index (χ1) is 9.93. The molecule has 1 aliphatic heterocycles. The smallest absolute Gasteiger partial charge is 0.327 e. The standard InChI is InChI=1S/C12H11ClN2O5S/c13-7-2-1-3-8(15(19)20)10(7)11(16)14-4-5-21-6-9(14)12(17)18/h1-3,9H,4-6H2,(H,17,18). The van der Waals surface area contributed by atoms with Crippen LogP contribution in [0, 0.1) is 10.1 Å². The fraction of sp³-hybridized carbons (Fsp3) is 0.333. The third-order valence-corrected chi connectivity index (χ3v) is 4.41. The second-order valence-electron chi connectivity index (χ2n) is 4.32. The molecule has 0 radical (unpaired) electrons. The highest BCUT2D eigenvalue weighted by molar-refractivity contribution is 7.99. The highest BCUT2D eigenvalue weighted by Gasteiger charge is 2.36. The normalized spacial score (nSPS) is 18.3. The summed E-state index contributed by atoms with van der Waals surface area (Å²) in [5.41, 5.74) is -0.683. The lowest BCUT2D eigenvalue weighted by Gasteiger charge is -2.32. The second-order valence-corrected chi connectivity index (χ2v) is 5.88. The summed E-state index contributed by atoms with van der Waals surface area (Å²) >= 11 is 7.33. The van der Waals surface area contributed by atoms with Gasteiger partial charge in [-0.3, -0.25) is 14.9 Å². The molecular weight excluding hydrogens is 320 g/mol. The predicted octanol–water partition coefficient (Wildman–Crippen LogP) is 1.89. The molecule has 112 valence electrons. The minimum Gasteiger partial charge on any atom is -0.480 e. The number of carbonyl (C=O) groups is 2. The van der Waals surface area contributed by atoms with Gasteiger partial charge in [-0.2, -0.15) is 11.8 Å². The number of nitro benzene ring substituents is 1. The third kappa shape index (κ3) is 3.11. The van der Waals surface area contributed by atoms with Gasteiger partial charge in [0.25, 0.3) is 11.6 Å². The van der Waals surface area contributed by atoms with Gasteiger partial charge >= 0.3 is 5.97 Å². The molecular formula is C12H11ClN2O5S. The summed E-state index contributed by atoms with van der Waals surface area (Å²) in [5.74, 6) is -1.03. The van der Waals surface area contributed by atoms with E-state index in [4.69, 9.17) is 11.6 Å². The first kappa shape index (κ1) is 15.6. The fourth-order valence-electron chi connectivity index (χ4n) is 2.07. The van der Waals surface area contributed by atoms with E-state index >= 15 is 0 Å². The number of hydrogen-bond acceptors (Lipinski definition) is 5. The third-order valence-electron chi connectivity index (χ3n) is 3.08. The molecule has 0 spiro atoms. The van der Waals surface area contributed by atoms with Crippen LogP contribution in [0.1, 0.15) is 10.4 Å². The van der Waals surface area contributed by atoms with Crippen molar-refractivity contribution in [2.75, 3.05) is 18.1 Å². The van der Waals surface area contributed by atoms with Crippen molar-refractivity contribution in [3.05, 3.63) is 38.9 Å². The average Bonchev–Trinajstić information content (AvgIpc) is 2.46. The van der Waals surface area contributed by atoms with Crippen LogP contribution in [0.3, 0.4) is 0 Å². The summed E-state index contributed by atoms with van der Waals surface area (Å²) in [6.07, 6.45) is 0. The SMILES string of the molecule is O=C(O)C1CSCCN1C(=O)c1c(Cl)cccc1[N+](=O)[O-]. The van der Waals surface area contributed by atoms with Crippen LogP contribution in [-0.2, 0) is 4.79 Å². The van der Waals surface area contributed by atoms with Crippen molar-refractivity contribution in [2.45, 2.75) is 6.04 Å². The Kier molecular flexibility index (Phi) is 4.69. The number of aliphatic carboxylic acids is 1. The van der Waals surface area contributed by atoms with Gasteiger partial charge < -0.3 is 10.0 Å². The Balaban J connectivity index is 2.44. The van der Waals surface area contributed by atoms with Gasteiger partial charge in [-0.25, -0.2) is 4.79 Å². The number of halogens is 1. The van der Waals surface area contributed by atoms with E-state index in [0.29, 0.717) is 5.75 Å². The van der Waals surface area contributed by atoms with E-state index in [2.05, 4.69) is 0 Å². The van der Waals surface area contributed by atoms with E-state index in [-0.39, 0.29) is 22.9 Å². The van der Waals surface area contributed by atoms with E-state index in [1.165, 1.54) is 30.0 Å². The van der Waals surface area contributed by atoms with Crippen molar-refractivity contribution in [1.29, 1.82) is 0 Å². The van der Waals surface area contributed by atoms with Gasteiger partial charge in [0.1, 0.15) is 11.6 Å². The first-order valence-corrected chi connectivity index (χ1v) is 7.51. The highest BCUT2D eigenvalue weighted by atomic mass is 35.5. The molecule has 1 amide bonds. The summed E-state index contributed by atoms with van der Waals surface area (Å²) in [6.45, 7) is 0.211. The molecule has 1 heterocycles. The van der Waals surface area contributed by atoms with Crippen LogP contribution < -0.4 is 0 Å². The maximum atomic E-state index is 12.5. The van der Waals surface area contributed by atoms with Crippen LogP contribution in [0.2, 0.25) is 5.02 Å². The number of amides is 1. The molecule has 0 bridgehead atoms. The molecule has 1 aliphatic rings. The number of carboxylic acid groups (broad SMARTS) is 1. The maximum absolute atomic E-state index is 12.5. The molecule has 1 saturated heterocycles. The van der Waals surface area contributed by atoms with Crippen LogP contribution >= 0.6 is 23.4 Å². The zero-order chi connectivity index (χ0) is 15.6. The number of nitro groups is 1. The number of benzene rings is 1. The molecule has 1 fully saturated rings. The van der Waals surface area contributed by atoms with Gasteiger partial charge in [-0.05, 0) is 6.07 Å². The summed E-state index contributed by atoms with van der Waals surface area (Å²) < 4.78 is 0. The molecule has 7 nitrogen and oxygen atoms in total. The number of carboxylic acids is 1. The van der Waals surface area contributed by atoms with Crippen molar-refractivity contribution in [3.63, 3.8) is 0 Å². The maximum Gasteiger partial charge on any atom is 0.327 e. The molecule has 0 aliphatic carbocycles. The summed E-state index contributed by atoms with van der Waals surface area (Å²) in [7, 11) is 0. The molecule has 0 aromatic heterocycles. The number of thioether (sulfide) groups is 1. The quantitative estimate of drug-likeness (QED) is 0.671. The average molecular weight is 331 g/mol. The molecule has 0 saturated carbocycles. The lowest BCUT2D eigenvalue weighted by molar-refractivity contribution is -0.385. The summed E-state index contributed by atoms with van der Waals surface area (Å²) in [6, 6.07) is 2.91. The highest BCUT2D eigenvalue weighted by Crippen LogP contribution is 2.29. The van der Waals surface area contributed by atoms with E-state index in [0.717, 1.165) is 4.90 Å². The lowest BCUT2D eigenvalue weighted by atomic mass is 10.1. The number of nitrogens with zero attached hydrogens (tertiary/aromatic N) is 2. The summed E-state index contributed by atoms with van der Waals surface area (Å²) in [5, 5.41) is 20.2. The van der Waals surface area contributed by atoms with Gasteiger partial charge in [0.15, 0.2) is 0 Å². The fourth-order valence-corrected chi connectivity index (χ4v) is 3.36. The van der Waals surface area contributed by atoms with Gasteiger partial charge in [0.2, 0.25) is 0 Å². The number of carbonyl (C=O) groups excluding carboxylic acids is 1. The van der Waals surface area contributed by atoms with Gasteiger partial charge in [0, 0.05) is 24.1 Å². The Morgan fingerprint density at radius 2 is 2.19 bits per heavy atom. The van der Waals surface area contributed by atoms with Crippen LogP contribution in [0.15, 0.2) is 18.2 Å². The molecule has 21 heavy (non-hydrogen) atoms. The van der Waals surface area contributed by atoms with Crippen LogP contribution in [0.25, 0.3) is 0 Å². The number of rotatable bonds is 3. The van der Waals surface area contributed by atoms with Crippen molar-refractivity contribution < 1.29 is 19.6 Å². The van der Waals surface area contributed by atoms with Crippen LogP contribution in [0.5, 0.6) is 0 Å². The summed E-state index contributed by atoms with van der Waals surface area (Å²) in [4.78, 5) is 35.2. The Hall–Kier alpha value is -1.80. The minimum atomic E-state index is -1.13. The Morgan fingerprint density at radius 3 is 2.81 bits per heavy atom. The predicted molar refractivity (Wildman–Crippen MR) is 77.9 cm³/mol. The van der Waals surface area contributed by atoms with E-state index in [1.54, 1.807) is 0 Å². The monoisotopic (exact) mass is 330 g/mol. The Bertz CT molecular complexity index is 609. The van der Waals surface area contributed by atoms with Crippen molar-refractivity contribution >= 4 is 40.9 Å². The second kappa shape index (κ2) is 6.31. The molecule has 1 aromatic rings. The van der Waals surface area contributed by atoms with Gasteiger partial charge in [-0.15, -0.1) is 0 Å². The van der Waals surface area contributed by atoms with Crippen LogP contribution in [0.4, 0.5) is 5.69 Å². The lowest BCUT2D eigenvalue weighted by Crippen LogP contribution is -2.50. The van der Waals surface area contributed by atoms with Crippen LogP contribution in [-0.4, -0.2) is 50.9 Å². The van der Waals surface area contributed by atoms with Crippen molar-refractivity contribution in [2.24, 2.45) is 0 Å². The van der Waals surface area contributed by atoms with E-state index in [9.17, 15) is 24.8 Å². The van der Waals surface area contributed by atoms with E-state index < -0.39 is 28.5 Å². The Labute approximate surface area is 129 Å². The largest absolute Gasteiger partial charge is 0.480 e. The minimum absolute atomic E-state index is 0.0587. The topological polar surface area (TPSA) is 101 Å². The molecule has 1 atom stereocenters. The molecule has 2 rings (SSSR count). The Morgan fingerprint density at radius 1 is 1.48 bits per heavy atom. The first-order valence-electron chi connectivity index (χ1n) is 5.98. The molecule has 9 heteroatoms. The van der Waals surface area contributed by atoms with Crippen molar-refractivity contribution in [1.82, 2.24) is 4.90 Å². The number of hydrogen-bond donors (Lipinski definition) is 1. The molecule has 1 N–H and O–H groups in total. The van der Waals surface area contributed by atoms with Gasteiger partial charge in [-0.1, -0.05) is 17.7 Å². The zero-order valence-electron chi connectivity index (χ0n) is 10.7.